The van der Waals surface area contributed by atoms with Gasteiger partial charge in [-0.05, 0) is 24.6 Å². The van der Waals surface area contributed by atoms with E-state index in [1.165, 1.54) is 18.5 Å². The Balaban J connectivity index is 1.95. The number of rotatable bonds is 8. The molecule has 0 radical (unpaired) electrons. The first-order valence-electron chi connectivity index (χ1n) is 7.38. The number of aromatic nitrogens is 3. The maximum atomic E-state index is 12.2. The standard InChI is InChI=1S/C15H17F3N4O3/c1-24-7-3-6-22-10-20-21-13(22)9-19-14(23)11-4-2-5-12(8-11)25-15(16,17)18/h2,4-5,8,10H,3,6-7,9H2,1H3,(H,19,23). The summed E-state index contributed by atoms with van der Waals surface area (Å²) in [4.78, 5) is 12.1. The summed E-state index contributed by atoms with van der Waals surface area (Å²) in [6, 6.07) is 4.84. The zero-order valence-electron chi connectivity index (χ0n) is 13.4. The minimum absolute atomic E-state index is 0.0483. The number of nitrogens with zero attached hydrogens (tertiary/aromatic N) is 3. The van der Waals surface area contributed by atoms with Gasteiger partial charge in [0.15, 0.2) is 5.82 Å². The molecule has 1 N–H and O–H groups in total. The van der Waals surface area contributed by atoms with Crippen molar-refractivity contribution in [2.24, 2.45) is 0 Å². The number of halogens is 3. The number of carbonyl (C=O) groups is 1. The highest BCUT2D eigenvalue weighted by Crippen LogP contribution is 2.23. The summed E-state index contributed by atoms with van der Waals surface area (Å²) in [7, 11) is 1.60. The second-order valence-corrected chi connectivity index (χ2v) is 5.05. The van der Waals surface area contributed by atoms with Crippen molar-refractivity contribution in [3.8, 4) is 5.75 Å². The minimum Gasteiger partial charge on any atom is -0.406 e. The van der Waals surface area contributed by atoms with Crippen molar-refractivity contribution < 1.29 is 27.4 Å². The van der Waals surface area contributed by atoms with Gasteiger partial charge < -0.3 is 19.4 Å². The summed E-state index contributed by atoms with van der Waals surface area (Å²) < 4.78 is 47.2. The van der Waals surface area contributed by atoms with E-state index in [1.807, 2.05) is 0 Å². The first-order valence-corrected chi connectivity index (χ1v) is 7.38. The number of ether oxygens (including phenoxy) is 2. The number of alkyl halides is 3. The van der Waals surface area contributed by atoms with E-state index in [2.05, 4.69) is 20.3 Å². The van der Waals surface area contributed by atoms with Gasteiger partial charge in [-0.25, -0.2) is 0 Å². The topological polar surface area (TPSA) is 78.3 Å². The molecule has 2 rings (SSSR count). The molecule has 0 fully saturated rings. The molecule has 0 atom stereocenters. The molecule has 1 amide bonds. The third-order valence-corrected chi connectivity index (χ3v) is 3.18. The van der Waals surface area contributed by atoms with E-state index < -0.39 is 18.0 Å². The molecule has 1 heterocycles. The van der Waals surface area contributed by atoms with Gasteiger partial charge in [0.1, 0.15) is 12.1 Å². The number of aryl methyl sites for hydroxylation is 1. The molecule has 1 aromatic carbocycles. The Morgan fingerprint density at radius 2 is 2.16 bits per heavy atom. The molecule has 0 aliphatic rings. The summed E-state index contributed by atoms with van der Waals surface area (Å²) in [6.45, 7) is 1.30. The van der Waals surface area contributed by atoms with Crippen LogP contribution in [0, 0.1) is 0 Å². The van der Waals surface area contributed by atoms with Crippen molar-refractivity contribution in [3.63, 3.8) is 0 Å². The molecule has 2 aromatic rings. The molecule has 0 saturated carbocycles. The Bertz CT molecular complexity index is 703. The quantitative estimate of drug-likeness (QED) is 0.732. The Labute approximate surface area is 141 Å². The van der Waals surface area contributed by atoms with Gasteiger partial charge in [-0.2, -0.15) is 0 Å². The molecule has 0 aliphatic heterocycles. The fourth-order valence-electron chi connectivity index (χ4n) is 2.08. The number of benzene rings is 1. The lowest BCUT2D eigenvalue weighted by Gasteiger charge is -2.10. The highest BCUT2D eigenvalue weighted by atomic mass is 19.4. The summed E-state index contributed by atoms with van der Waals surface area (Å²) in [5.41, 5.74) is 0.0483. The Kier molecular flexibility index (Phi) is 6.34. The molecule has 0 spiro atoms. The predicted molar refractivity (Wildman–Crippen MR) is 80.8 cm³/mol. The van der Waals surface area contributed by atoms with Gasteiger partial charge in [-0.15, -0.1) is 23.4 Å². The fraction of sp³-hybridized carbons (Fsp3) is 0.400. The highest BCUT2D eigenvalue weighted by molar-refractivity contribution is 5.94. The average molecular weight is 358 g/mol. The average Bonchev–Trinajstić information content (AvgIpc) is 2.99. The van der Waals surface area contributed by atoms with Crippen LogP contribution in [0.4, 0.5) is 13.2 Å². The smallest absolute Gasteiger partial charge is 0.406 e. The maximum Gasteiger partial charge on any atom is 0.573 e. The van der Waals surface area contributed by atoms with E-state index in [0.717, 1.165) is 18.6 Å². The van der Waals surface area contributed by atoms with Gasteiger partial charge in [-0.3, -0.25) is 4.79 Å². The molecule has 0 saturated heterocycles. The van der Waals surface area contributed by atoms with Crippen LogP contribution < -0.4 is 10.1 Å². The van der Waals surface area contributed by atoms with E-state index in [-0.39, 0.29) is 12.1 Å². The molecular formula is C15H17F3N4O3. The van der Waals surface area contributed by atoms with Gasteiger partial charge in [0, 0.05) is 25.8 Å². The summed E-state index contributed by atoms with van der Waals surface area (Å²) in [5, 5.41) is 10.3. The van der Waals surface area contributed by atoms with Crippen LogP contribution in [0.1, 0.15) is 22.6 Å². The van der Waals surface area contributed by atoms with Crippen LogP contribution in [0.5, 0.6) is 5.75 Å². The summed E-state index contributed by atoms with van der Waals surface area (Å²) >= 11 is 0. The molecule has 1 aromatic heterocycles. The van der Waals surface area contributed by atoms with Crippen molar-refractivity contribution in [2.75, 3.05) is 13.7 Å². The van der Waals surface area contributed by atoms with Crippen LogP contribution in [-0.2, 0) is 17.8 Å². The number of carbonyl (C=O) groups excluding carboxylic acids is 1. The third-order valence-electron chi connectivity index (χ3n) is 3.18. The normalized spacial score (nSPS) is 11.4. The Morgan fingerprint density at radius 3 is 2.88 bits per heavy atom. The molecule has 0 aliphatic carbocycles. The lowest BCUT2D eigenvalue weighted by molar-refractivity contribution is -0.274. The predicted octanol–water partition coefficient (Wildman–Crippen LogP) is 2.14. The van der Waals surface area contributed by atoms with Crippen molar-refractivity contribution in [1.82, 2.24) is 20.1 Å². The first kappa shape index (κ1) is 18.7. The highest BCUT2D eigenvalue weighted by Gasteiger charge is 2.31. The molecular weight excluding hydrogens is 341 g/mol. The number of hydrogen-bond donors (Lipinski definition) is 1. The van der Waals surface area contributed by atoms with Crippen molar-refractivity contribution in [3.05, 3.63) is 42.0 Å². The van der Waals surface area contributed by atoms with E-state index in [9.17, 15) is 18.0 Å². The van der Waals surface area contributed by atoms with E-state index in [4.69, 9.17) is 4.74 Å². The SMILES string of the molecule is COCCCn1cnnc1CNC(=O)c1cccc(OC(F)(F)F)c1. The summed E-state index contributed by atoms with van der Waals surface area (Å²) in [6.07, 6.45) is -2.52. The third kappa shape index (κ3) is 6.07. The largest absolute Gasteiger partial charge is 0.573 e. The number of nitrogens with one attached hydrogen (secondary N) is 1. The van der Waals surface area contributed by atoms with E-state index in [0.29, 0.717) is 19.0 Å². The zero-order chi connectivity index (χ0) is 18.3. The van der Waals surface area contributed by atoms with Crippen LogP contribution in [0.25, 0.3) is 0 Å². The molecule has 136 valence electrons. The fourth-order valence-corrected chi connectivity index (χ4v) is 2.08. The van der Waals surface area contributed by atoms with Crippen molar-refractivity contribution in [1.29, 1.82) is 0 Å². The monoisotopic (exact) mass is 358 g/mol. The van der Waals surface area contributed by atoms with Gasteiger partial charge in [0.25, 0.3) is 5.91 Å². The number of methoxy groups -OCH3 is 1. The number of hydrogen-bond acceptors (Lipinski definition) is 5. The second-order valence-electron chi connectivity index (χ2n) is 5.05. The van der Waals surface area contributed by atoms with Crippen molar-refractivity contribution >= 4 is 5.91 Å². The Morgan fingerprint density at radius 1 is 1.36 bits per heavy atom. The van der Waals surface area contributed by atoms with Crippen LogP contribution >= 0.6 is 0 Å². The lowest BCUT2D eigenvalue weighted by atomic mass is 10.2. The van der Waals surface area contributed by atoms with Crippen molar-refractivity contribution in [2.45, 2.75) is 25.9 Å². The first-order chi connectivity index (χ1) is 11.9. The van der Waals surface area contributed by atoms with Gasteiger partial charge in [0.2, 0.25) is 0 Å². The molecule has 0 unspecified atom stereocenters. The van der Waals surface area contributed by atoms with Crippen LogP contribution in [0.2, 0.25) is 0 Å². The molecule has 0 bridgehead atoms. The Hall–Kier alpha value is -2.62. The van der Waals surface area contributed by atoms with Gasteiger partial charge in [-0.1, -0.05) is 6.07 Å². The van der Waals surface area contributed by atoms with E-state index in [1.54, 1.807) is 11.7 Å². The lowest BCUT2D eigenvalue weighted by Crippen LogP contribution is -2.25. The molecule has 10 heteroatoms. The van der Waals surface area contributed by atoms with Crippen LogP contribution in [-0.4, -0.2) is 40.8 Å². The zero-order valence-corrected chi connectivity index (χ0v) is 13.4. The summed E-state index contributed by atoms with van der Waals surface area (Å²) in [5.74, 6) is -0.464. The van der Waals surface area contributed by atoms with Crippen LogP contribution in [0.15, 0.2) is 30.6 Å². The second kappa shape index (κ2) is 8.47. The van der Waals surface area contributed by atoms with E-state index >= 15 is 0 Å². The molecule has 25 heavy (non-hydrogen) atoms. The van der Waals surface area contributed by atoms with Gasteiger partial charge >= 0.3 is 6.36 Å². The maximum absolute atomic E-state index is 12.2. The minimum atomic E-state index is -4.81. The van der Waals surface area contributed by atoms with Gasteiger partial charge in [0.05, 0.1) is 6.54 Å². The molecule has 7 nitrogen and oxygen atoms in total. The number of amides is 1. The van der Waals surface area contributed by atoms with Crippen LogP contribution in [0.3, 0.4) is 0 Å².